The third-order valence-corrected chi connectivity index (χ3v) is 4.44. The number of halogens is 2. The van der Waals surface area contributed by atoms with Crippen LogP contribution in [-0.2, 0) is 21.3 Å². The van der Waals surface area contributed by atoms with E-state index in [0.29, 0.717) is 0 Å². The lowest BCUT2D eigenvalue weighted by molar-refractivity contribution is 0.0907. The van der Waals surface area contributed by atoms with Gasteiger partial charge in [-0.15, -0.1) is 0 Å². The fraction of sp³-hybridized carbons (Fsp3) is 0.538. The van der Waals surface area contributed by atoms with E-state index in [-0.39, 0.29) is 30.6 Å². The maximum atomic E-state index is 13.5. The molecule has 1 aromatic carbocycles. The minimum atomic E-state index is -3.53. The first-order valence-electron chi connectivity index (χ1n) is 6.22. The highest BCUT2D eigenvalue weighted by atomic mass is 32.2. The van der Waals surface area contributed by atoms with Gasteiger partial charge in [0.15, 0.2) is 0 Å². The molecule has 0 bridgehead atoms. The molecule has 0 saturated carbocycles. The third kappa shape index (κ3) is 5.15. The minimum absolute atomic E-state index is 0.0509. The predicted molar refractivity (Wildman–Crippen MR) is 72.7 cm³/mol. The molecule has 0 aliphatic heterocycles. The Balaban J connectivity index is 2.67. The van der Waals surface area contributed by atoms with Gasteiger partial charge in [0, 0.05) is 25.2 Å². The van der Waals surface area contributed by atoms with Crippen molar-refractivity contribution in [3.8, 4) is 0 Å². The second-order valence-corrected chi connectivity index (χ2v) is 6.92. The highest BCUT2D eigenvalue weighted by Gasteiger charge is 2.19. The molecule has 1 aromatic rings. The molecule has 0 unspecified atom stereocenters. The van der Waals surface area contributed by atoms with Crippen LogP contribution in [0.15, 0.2) is 18.2 Å². The Morgan fingerprint density at radius 1 is 1.30 bits per heavy atom. The van der Waals surface area contributed by atoms with Crippen LogP contribution in [0.2, 0.25) is 0 Å². The van der Waals surface area contributed by atoms with Gasteiger partial charge in [0.05, 0.1) is 18.5 Å². The molecule has 0 aliphatic carbocycles. The fourth-order valence-electron chi connectivity index (χ4n) is 1.53. The van der Waals surface area contributed by atoms with E-state index in [4.69, 9.17) is 4.74 Å². The van der Waals surface area contributed by atoms with Gasteiger partial charge in [-0.2, -0.15) is 0 Å². The maximum Gasteiger partial charge on any atom is 0.216 e. The van der Waals surface area contributed by atoms with Crippen molar-refractivity contribution in [3.05, 3.63) is 35.4 Å². The average molecular weight is 307 g/mol. The molecule has 114 valence electrons. The van der Waals surface area contributed by atoms with Gasteiger partial charge < -0.3 is 4.74 Å². The summed E-state index contributed by atoms with van der Waals surface area (Å²) in [5.41, 5.74) is 0.127. The average Bonchev–Trinajstić information content (AvgIpc) is 2.31. The van der Waals surface area contributed by atoms with Crippen LogP contribution >= 0.6 is 0 Å². The number of nitrogens with zero attached hydrogens (tertiary/aromatic N) is 1. The first-order chi connectivity index (χ1) is 9.22. The number of sulfonamides is 1. The van der Waals surface area contributed by atoms with Crippen LogP contribution in [0.1, 0.15) is 19.4 Å². The van der Waals surface area contributed by atoms with Gasteiger partial charge >= 0.3 is 0 Å². The molecular weight excluding hydrogens is 288 g/mol. The Kier molecular flexibility index (Phi) is 6.04. The zero-order valence-electron chi connectivity index (χ0n) is 11.8. The van der Waals surface area contributed by atoms with Gasteiger partial charge in [-0.1, -0.05) is 6.07 Å². The predicted octanol–water partition coefficient (Wildman–Crippen LogP) is 2.15. The summed E-state index contributed by atoms with van der Waals surface area (Å²) in [7, 11) is -2.18. The lowest BCUT2D eigenvalue weighted by Gasteiger charge is -2.18. The van der Waals surface area contributed by atoms with Crippen LogP contribution in [0.25, 0.3) is 0 Å². The molecule has 0 amide bonds. The van der Waals surface area contributed by atoms with Crippen molar-refractivity contribution in [2.24, 2.45) is 0 Å². The zero-order valence-corrected chi connectivity index (χ0v) is 12.6. The molecule has 0 N–H and O–H groups in total. The van der Waals surface area contributed by atoms with Crippen LogP contribution < -0.4 is 0 Å². The van der Waals surface area contributed by atoms with Crippen LogP contribution in [0.3, 0.4) is 0 Å². The molecule has 4 nitrogen and oxygen atoms in total. The van der Waals surface area contributed by atoms with E-state index < -0.39 is 21.7 Å². The number of hydrogen-bond donors (Lipinski definition) is 0. The second kappa shape index (κ2) is 7.10. The van der Waals surface area contributed by atoms with Gasteiger partial charge in [0.25, 0.3) is 0 Å². The zero-order chi connectivity index (χ0) is 15.3. The topological polar surface area (TPSA) is 46.6 Å². The molecule has 0 radical (unpaired) electrons. The normalized spacial score (nSPS) is 12.3. The van der Waals surface area contributed by atoms with Crippen molar-refractivity contribution in [1.29, 1.82) is 0 Å². The van der Waals surface area contributed by atoms with Crippen LogP contribution in [0, 0.1) is 11.6 Å². The van der Waals surface area contributed by atoms with Crippen LogP contribution in [0.4, 0.5) is 8.78 Å². The van der Waals surface area contributed by atoms with Crippen LogP contribution in [0.5, 0.6) is 0 Å². The molecule has 20 heavy (non-hydrogen) atoms. The Bertz CT molecular complexity index is 547. The molecule has 0 spiro atoms. The molecule has 0 fully saturated rings. The summed E-state index contributed by atoms with van der Waals surface area (Å²) in [6, 6.07) is 3.07. The summed E-state index contributed by atoms with van der Waals surface area (Å²) in [5.74, 6) is -1.63. The van der Waals surface area contributed by atoms with Gasteiger partial charge in [-0.3, -0.25) is 0 Å². The van der Waals surface area contributed by atoms with Crippen molar-refractivity contribution in [1.82, 2.24) is 4.31 Å². The number of hydrogen-bond acceptors (Lipinski definition) is 3. The molecular formula is C13H19F2NO3S. The number of rotatable bonds is 7. The number of ether oxygens (including phenoxy) is 1. The molecule has 0 saturated heterocycles. The van der Waals surface area contributed by atoms with Gasteiger partial charge in [-0.25, -0.2) is 21.5 Å². The number of benzene rings is 1. The van der Waals surface area contributed by atoms with Crippen molar-refractivity contribution in [2.45, 2.75) is 26.5 Å². The van der Waals surface area contributed by atoms with E-state index in [1.54, 1.807) is 0 Å². The standard InChI is InChI=1S/C13H19F2NO3S/c1-10(2)19-6-7-20(17,18)16(3)9-11-4-5-12(14)8-13(11)15/h4-5,8,10H,6-7,9H2,1-3H3. The lowest BCUT2D eigenvalue weighted by Crippen LogP contribution is -2.31. The Morgan fingerprint density at radius 2 is 1.95 bits per heavy atom. The quantitative estimate of drug-likeness (QED) is 0.775. The van der Waals surface area contributed by atoms with E-state index in [0.717, 1.165) is 16.4 Å². The molecule has 0 heterocycles. The van der Waals surface area contributed by atoms with Crippen molar-refractivity contribution < 1.29 is 21.9 Å². The molecule has 0 aliphatic rings. The van der Waals surface area contributed by atoms with Crippen LogP contribution in [-0.4, -0.2) is 38.2 Å². The summed E-state index contributed by atoms with van der Waals surface area (Å²) < 4.78 is 56.4. The monoisotopic (exact) mass is 307 g/mol. The first-order valence-corrected chi connectivity index (χ1v) is 7.83. The van der Waals surface area contributed by atoms with E-state index in [2.05, 4.69) is 0 Å². The summed E-state index contributed by atoms with van der Waals surface area (Å²) in [6.07, 6.45) is -0.0509. The first kappa shape index (κ1) is 17.0. The third-order valence-electron chi connectivity index (χ3n) is 2.68. The maximum absolute atomic E-state index is 13.5. The van der Waals surface area contributed by atoms with Gasteiger partial charge in [0.1, 0.15) is 11.6 Å². The summed E-state index contributed by atoms with van der Waals surface area (Å²) in [6.45, 7) is 3.56. The minimum Gasteiger partial charge on any atom is -0.378 e. The van der Waals surface area contributed by atoms with Crippen molar-refractivity contribution >= 4 is 10.0 Å². The van der Waals surface area contributed by atoms with Crippen molar-refractivity contribution in [2.75, 3.05) is 19.4 Å². The summed E-state index contributed by atoms with van der Waals surface area (Å²) in [5, 5.41) is 0. The highest BCUT2D eigenvalue weighted by molar-refractivity contribution is 7.89. The van der Waals surface area contributed by atoms with E-state index in [9.17, 15) is 17.2 Å². The summed E-state index contributed by atoms with van der Waals surface area (Å²) >= 11 is 0. The fourth-order valence-corrected chi connectivity index (χ4v) is 2.49. The van der Waals surface area contributed by atoms with Gasteiger partial charge in [0.2, 0.25) is 10.0 Å². The smallest absolute Gasteiger partial charge is 0.216 e. The highest BCUT2D eigenvalue weighted by Crippen LogP contribution is 2.13. The van der Waals surface area contributed by atoms with Gasteiger partial charge in [-0.05, 0) is 19.9 Å². The largest absolute Gasteiger partial charge is 0.378 e. The second-order valence-electron chi connectivity index (χ2n) is 4.73. The van der Waals surface area contributed by atoms with E-state index >= 15 is 0 Å². The Morgan fingerprint density at radius 3 is 2.50 bits per heavy atom. The van der Waals surface area contributed by atoms with E-state index in [1.807, 2.05) is 13.8 Å². The molecule has 0 atom stereocenters. The summed E-state index contributed by atoms with van der Waals surface area (Å²) in [4.78, 5) is 0. The van der Waals surface area contributed by atoms with Crippen molar-refractivity contribution in [3.63, 3.8) is 0 Å². The molecule has 1 rings (SSSR count). The Labute approximate surface area is 118 Å². The lowest BCUT2D eigenvalue weighted by atomic mass is 10.2. The molecule has 0 aromatic heterocycles. The van der Waals surface area contributed by atoms with E-state index in [1.165, 1.54) is 13.1 Å². The Hall–Kier alpha value is -1.05. The SMILES string of the molecule is CC(C)OCCS(=O)(=O)N(C)Cc1ccc(F)cc1F. The molecule has 7 heteroatoms.